The minimum Gasteiger partial charge on any atom is -0.326 e. The van der Waals surface area contributed by atoms with Gasteiger partial charge in [-0.25, -0.2) is 8.42 Å². The lowest BCUT2D eigenvalue weighted by Gasteiger charge is -2.22. The highest BCUT2D eigenvalue weighted by Crippen LogP contribution is 2.33. The third kappa shape index (κ3) is 3.83. The Labute approximate surface area is 142 Å². The molecule has 2 aromatic carbocycles. The number of hydrogen-bond donors (Lipinski definition) is 1. The van der Waals surface area contributed by atoms with Crippen molar-refractivity contribution < 1.29 is 13.2 Å². The van der Waals surface area contributed by atoms with Crippen LogP contribution in [0.3, 0.4) is 0 Å². The molecule has 126 valence electrons. The second-order valence-corrected chi connectivity index (χ2v) is 7.86. The maximum Gasteiger partial charge on any atom is 0.243 e. The maximum absolute atomic E-state index is 13.0. The van der Waals surface area contributed by atoms with Crippen LogP contribution in [0.25, 0.3) is 0 Å². The molecule has 5 nitrogen and oxygen atoms in total. The third-order valence-electron chi connectivity index (χ3n) is 3.92. The van der Waals surface area contributed by atoms with Gasteiger partial charge in [0.15, 0.2) is 0 Å². The molecule has 1 aliphatic rings. The minimum absolute atomic E-state index is 0.0743. The Morgan fingerprint density at radius 1 is 1.08 bits per heavy atom. The van der Waals surface area contributed by atoms with Crippen molar-refractivity contribution in [3.8, 4) is 0 Å². The van der Waals surface area contributed by atoms with Gasteiger partial charge in [-0.15, -0.1) is 0 Å². The van der Waals surface area contributed by atoms with Crippen molar-refractivity contribution in [2.75, 3.05) is 5.32 Å². The summed E-state index contributed by atoms with van der Waals surface area (Å²) in [5, 5.41) is 2.64. The van der Waals surface area contributed by atoms with E-state index in [9.17, 15) is 13.2 Å². The lowest BCUT2D eigenvalue weighted by molar-refractivity contribution is -0.114. The van der Waals surface area contributed by atoms with Gasteiger partial charge in [-0.05, 0) is 42.7 Å². The molecule has 24 heavy (non-hydrogen) atoms. The molecule has 0 unspecified atom stereocenters. The molecular weight excluding hydrogens is 324 g/mol. The number of anilines is 1. The van der Waals surface area contributed by atoms with Crippen LogP contribution in [0.4, 0.5) is 5.69 Å². The van der Waals surface area contributed by atoms with E-state index in [1.54, 1.807) is 28.6 Å². The molecule has 2 aromatic rings. The smallest absolute Gasteiger partial charge is 0.243 e. The highest BCUT2D eigenvalue weighted by Gasteiger charge is 2.37. The Bertz CT molecular complexity index is 813. The van der Waals surface area contributed by atoms with Gasteiger partial charge >= 0.3 is 0 Å². The summed E-state index contributed by atoms with van der Waals surface area (Å²) >= 11 is 0. The topological polar surface area (TPSA) is 66.5 Å². The molecule has 1 saturated carbocycles. The molecule has 1 aliphatic carbocycles. The molecule has 6 heteroatoms. The minimum atomic E-state index is -3.56. The first kappa shape index (κ1) is 16.7. The molecular formula is C18H20N2O3S. The highest BCUT2D eigenvalue weighted by molar-refractivity contribution is 7.89. The van der Waals surface area contributed by atoms with Crippen LogP contribution in [0.2, 0.25) is 0 Å². The summed E-state index contributed by atoms with van der Waals surface area (Å²) in [5.74, 6) is -0.186. The Hall–Kier alpha value is -2.18. The van der Waals surface area contributed by atoms with E-state index in [2.05, 4.69) is 5.32 Å². The Kier molecular flexibility index (Phi) is 4.69. The van der Waals surface area contributed by atoms with Gasteiger partial charge < -0.3 is 5.32 Å². The van der Waals surface area contributed by atoms with Gasteiger partial charge in [0.1, 0.15) is 0 Å². The number of sulfonamides is 1. The number of rotatable bonds is 6. The predicted octanol–water partition coefficient (Wildman–Crippen LogP) is 3.00. The zero-order valence-electron chi connectivity index (χ0n) is 13.5. The molecule has 1 amide bonds. The van der Waals surface area contributed by atoms with Gasteiger partial charge in [-0.1, -0.05) is 30.3 Å². The van der Waals surface area contributed by atoms with E-state index in [1.807, 2.05) is 30.3 Å². The summed E-state index contributed by atoms with van der Waals surface area (Å²) < 4.78 is 27.6. The number of benzene rings is 2. The van der Waals surface area contributed by atoms with Gasteiger partial charge in [-0.2, -0.15) is 4.31 Å². The fraction of sp³-hybridized carbons (Fsp3) is 0.278. The van der Waals surface area contributed by atoms with Gasteiger partial charge in [0.2, 0.25) is 15.9 Å². The lowest BCUT2D eigenvalue weighted by atomic mass is 10.2. The first-order valence-electron chi connectivity index (χ1n) is 7.90. The second-order valence-electron chi connectivity index (χ2n) is 5.97. The van der Waals surface area contributed by atoms with Gasteiger partial charge in [-0.3, -0.25) is 4.79 Å². The van der Waals surface area contributed by atoms with Gasteiger partial charge in [0, 0.05) is 25.2 Å². The lowest BCUT2D eigenvalue weighted by Crippen LogP contribution is -2.32. The number of nitrogens with zero attached hydrogens (tertiary/aromatic N) is 1. The SMILES string of the molecule is CC(=O)Nc1ccc(S(=O)(=O)N(Cc2ccccc2)C2CC2)cc1. The van der Waals surface area contributed by atoms with Crippen LogP contribution < -0.4 is 5.32 Å². The molecule has 0 heterocycles. The average molecular weight is 344 g/mol. The second kappa shape index (κ2) is 6.75. The fourth-order valence-corrected chi connectivity index (χ4v) is 4.26. The molecule has 1 N–H and O–H groups in total. The zero-order valence-corrected chi connectivity index (χ0v) is 14.3. The summed E-state index contributed by atoms with van der Waals surface area (Å²) in [6, 6.07) is 16.0. The summed E-state index contributed by atoms with van der Waals surface area (Å²) in [5.41, 5.74) is 1.56. The van der Waals surface area contributed by atoms with Crippen molar-refractivity contribution in [1.82, 2.24) is 4.31 Å². The number of carbonyl (C=O) groups excluding carboxylic acids is 1. The third-order valence-corrected chi connectivity index (χ3v) is 5.83. The van der Waals surface area contributed by atoms with Crippen LogP contribution in [-0.2, 0) is 21.4 Å². The van der Waals surface area contributed by atoms with E-state index in [-0.39, 0.29) is 16.8 Å². The fourth-order valence-electron chi connectivity index (χ4n) is 2.59. The van der Waals surface area contributed by atoms with Crippen LogP contribution in [0, 0.1) is 0 Å². The Balaban J connectivity index is 1.85. The van der Waals surface area contributed by atoms with E-state index in [4.69, 9.17) is 0 Å². The summed E-state index contributed by atoms with van der Waals surface area (Å²) in [4.78, 5) is 11.3. The van der Waals surface area contributed by atoms with Gasteiger partial charge in [0.05, 0.1) is 4.90 Å². The van der Waals surface area contributed by atoms with Crippen LogP contribution in [-0.4, -0.2) is 24.7 Å². The van der Waals surface area contributed by atoms with Crippen LogP contribution >= 0.6 is 0 Å². The first-order chi connectivity index (χ1) is 11.5. The molecule has 3 rings (SSSR count). The Morgan fingerprint density at radius 3 is 2.25 bits per heavy atom. The standard InChI is InChI=1S/C18H20N2O3S/c1-14(21)19-16-7-11-18(12-8-16)24(22,23)20(17-9-10-17)13-15-5-3-2-4-6-15/h2-8,11-12,17H,9-10,13H2,1H3,(H,19,21). The molecule has 0 spiro atoms. The maximum atomic E-state index is 13.0. The van der Waals surface area contributed by atoms with Crippen LogP contribution in [0.5, 0.6) is 0 Å². The van der Waals surface area contributed by atoms with Crippen molar-refractivity contribution in [3.63, 3.8) is 0 Å². The van der Waals surface area contributed by atoms with Crippen molar-refractivity contribution in [2.24, 2.45) is 0 Å². The number of amides is 1. The van der Waals surface area contributed by atoms with Crippen LogP contribution in [0.15, 0.2) is 59.5 Å². The van der Waals surface area contributed by atoms with E-state index in [0.717, 1.165) is 18.4 Å². The van der Waals surface area contributed by atoms with E-state index in [0.29, 0.717) is 12.2 Å². The van der Waals surface area contributed by atoms with Crippen molar-refractivity contribution in [1.29, 1.82) is 0 Å². The molecule has 0 radical (unpaired) electrons. The molecule has 0 aromatic heterocycles. The molecule has 1 fully saturated rings. The van der Waals surface area contributed by atoms with Crippen molar-refractivity contribution in [2.45, 2.75) is 37.2 Å². The monoisotopic (exact) mass is 344 g/mol. The normalized spacial score (nSPS) is 14.6. The largest absolute Gasteiger partial charge is 0.326 e. The zero-order chi connectivity index (χ0) is 17.2. The predicted molar refractivity (Wildman–Crippen MR) is 92.9 cm³/mol. The Morgan fingerprint density at radius 2 is 1.71 bits per heavy atom. The molecule has 0 atom stereocenters. The van der Waals surface area contributed by atoms with E-state index in [1.165, 1.54) is 6.92 Å². The first-order valence-corrected chi connectivity index (χ1v) is 9.34. The van der Waals surface area contributed by atoms with Crippen LogP contribution in [0.1, 0.15) is 25.3 Å². The number of carbonyl (C=O) groups is 1. The highest BCUT2D eigenvalue weighted by atomic mass is 32.2. The summed E-state index contributed by atoms with van der Waals surface area (Å²) in [7, 11) is -3.56. The number of nitrogens with one attached hydrogen (secondary N) is 1. The van der Waals surface area contributed by atoms with Crippen molar-refractivity contribution >= 4 is 21.6 Å². The molecule has 0 saturated heterocycles. The summed E-state index contributed by atoms with van der Waals surface area (Å²) in [6.45, 7) is 1.79. The molecule has 0 aliphatic heterocycles. The quantitative estimate of drug-likeness (QED) is 0.876. The average Bonchev–Trinajstić information content (AvgIpc) is 3.38. The van der Waals surface area contributed by atoms with E-state index >= 15 is 0 Å². The van der Waals surface area contributed by atoms with Gasteiger partial charge in [0.25, 0.3) is 0 Å². The van der Waals surface area contributed by atoms with E-state index < -0.39 is 10.0 Å². The summed E-state index contributed by atoms with van der Waals surface area (Å²) in [6.07, 6.45) is 1.80. The van der Waals surface area contributed by atoms with Crippen molar-refractivity contribution in [3.05, 3.63) is 60.2 Å². The number of hydrogen-bond acceptors (Lipinski definition) is 3. The molecule has 0 bridgehead atoms.